The highest BCUT2D eigenvalue weighted by Crippen LogP contribution is 2.37. The van der Waals surface area contributed by atoms with Gasteiger partial charge in [-0.3, -0.25) is 4.57 Å². The van der Waals surface area contributed by atoms with Gasteiger partial charge in [0.05, 0.1) is 27.3 Å². The molecule has 0 rings (SSSR count). The van der Waals surface area contributed by atoms with Crippen LogP contribution in [0.3, 0.4) is 0 Å². The molecular weight excluding hydrogens is 229 g/mol. The van der Waals surface area contributed by atoms with Crippen LogP contribution in [-0.2, 0) is 4.57 Å². The Morgan fingerprint density at radius 1 is 1.19 bits per heavy atom. The molecule has 0 unspecified atom stereocenters. The molecule has 0 heterocycles. The molecule has 98 valence electrons. The molecule has 0 saturated carbocycles. The van der Waals surface area contributed by atoms with Crippen LogP contribution in [0.5, 0.6) is 0 Å². The quantitative estimate of drug-likeness (QED) is 0.480. The first-order valence-electron chi connectivity index (χ1n) is 5.47. The number of hydrogen-bond acceptors (Lipinski definition) is 2. The second-order valence-electron chi connectivity index (χ2n) is 5.73. The molecule has 6 heteroatoms. The summed E-state index contributed by atoms with van der Waals surface area (Å²) in [6.07, 6.45) is -0.687. The molecule has 0 saturated heterocycles. The number of nitrogens with zero attached hydrogens (tertiary/aromatic N) is 1. The summed E-state index contributed by atoms with van der Waals surface area (Å²) in [4.78, 5) is 17.8. The molecule has 2 atom stereocenters. The third-order valence-electron chi connectivity index (χ3n) is 2.58. The molecule has 0 aliphatic heterocycles. The van der Waals surface area contributed by atoms with Crippen molar-refractivity contribution in [2.24, 2.45) is 5.92 Å². The number of hydrogen-bond donors (Lipinski definition) is 3. The highest BCUT2D eigenvalue weighted by molar-refractivity contribution is 7.51. The first-order chi connectivity index (χ1) is 6.93. The summed E-state index contributed by atoms with van der Waals surface area (Å²) in [7, 11) is 1.63. The second kappa shape index (κ2) is 5.61. The minimum Gasteiger partial charge on any atom is -0.386 e. The fraction of sp³-hybridized carbons (Fsp3) is 1.00. The fourth-order valence-corrected chi connectivity index (χ4v) is 2.57. The molecule has 0 fully saturated rings. The van der Waals surface area contributed by atoms with Crippen LogP contribution < -0.4 is 0 Å². The molecule has 0 amide bonds. The number of likely N-dealkylation sites (N-methyl/N-ethyl adjacent to an activating group) is 1. The monoisotopic (exact) mass is 254 g/mol. The van der Waals surface area contributed by atoms with Crippen LogP contribution in [-0.4, -0.2) is 58.8 Å². The van der Waals surface area contributed by atoms with E-state index in [9.17, 15) is 9.67 Å². The van der Waals surface area contributed by atoms with E-state index in [2.05, 4.69) is 0 Å². The van der Waals surface area contributed by atoms with Gasteiger partial charge in [-0.1, -0.05) is 13.8 Å². The molecule has 0 aromatic carbocycles. The van der Waals surface area contributed by atoms with Gasteiger partial charge in [-0.15, -0.1) is 0 Å². The molecule has 0 aliphatic carbocycles. The molecule has 5 nitrogen and oxygen atoms in total. The van der Waals surface area contributed by atoms with E-state index in [-0.39, 0.29) is 6.04 Å². The van der Waals surface area contributed by atoms with Gasteiger partial charge in [0.25, 0.3) is 0 Å². The van der Waals surface area contributed by atoms with E-state index in [0.29, 0.717) is 10.4 Å². The van der Waals surface area contributed by atoms with Crippen molar-refractivity contribution in [2.45, 2.75) is 32.4 Å². The Balaban J connectivity index is 4.70. The predicted molar refractivity (Wildman–Crippen MR) is 64.2 cm³/mol. The zero-order valence-electron chi connectivity index (χ0n) is 10.8. The Labute approximate surface area is 97.8 Å². The van der Waals surface area contributed by atoms with Gasteiger partial charge in [-0.2, -0.15) is 0 Å². The fourth-order valence-electron chi connectivity index (χ4n) is 1.84. The van der Waals surface area contributed by atoms with Crippen LogP contribution >= 0.6 is 7.60 Å². The van der Waals surface area contributed by atoms with E-state index in [1.54, 1.807) is 0 Å². The van der Waals surface area contributed by atoms with Crippen molar-refractivity contribution in [1.82, 2.24) is 0 Å². The van der Waals surface area contributed by atoms with Crippen LogP contribution in [0, 0.1) is 5.92 Å². The van der Waals surface area contributed by atoms with Gasteiger partial charge in [-0.05, 0) is 5.92 Å². The Bertz CT molecular complexity index is 256. The Hall–Kier alpha value is 0.0700. The third-order valence-corrected chi connectivity index (χ3v) is 3.43. The van der Waals surface area contributed by atoms with E-state index in [4.69, 9.17) is 9.79 Å². The Morgan fingerprint density at radius 3 is 1.88 bits per heavy atom. The summed E-state index contributed by atoms with van der Waals surface area (Å²) in [5.74, 6) is 0.383. The minimum atomic E-state index is -4.15. The molecule has 16 heavy (non-hydrogen) atoms. The number of aliphatic hydroxyl groups excluding tert-OH is 1. The normalized spacial score (nSPS) is 17.6. The smallest absolute Gasteiger partial charge is 0.328 e. The van der Waals surface area contributed by atoms with E-state index in [1.807, 2.05) is 35.0 Å². The lowest BCUT2D eigenvalue weighted by atomic mass is 9.97. The average molecular weight is 254 g/mol. The Morgan fingerprint density at radius 2 is 1.62 bits per heavy atom. The Kier molecular flexibility index (Phi) is 5.63. The first-order valence-corrected chi connectivity index (χ1v) is 7.27. The van der Waals surface area contributed by atoms with E-state index < -0.39 is 19.9 Å². The van der Waals surface area contributed by atoms with Crippen LogP contribution in [0.1, 0.15) is 20.3 Å². The molecule has 0 spiro atoms. The zero-order chi connectivity index (χ0) is 13.1. The maximum atomic E-state index is 10.9. The van der Waals surface area contributed by atoms with Gasteiger partial charge in [0.1, 0.15) is 12.1 Å². The maximum absolute atomic E-state index is 10.9. The molecule has 0 aromatic rings. The molecule has 3 N–H and O–H groups in total. The maximum Gasteiger partial charge on any atom is 0.328 e. The van der Waals surface area contributed by atoms with Gasteiger partial charge in [0.2, 0.25) is 0 Å². The number of rotatable bonds is 6. The molecular formula is C10H25NO4P+. The van der Waals surface area contributed by atoms with E-state index >= 15 is 0 Å². The van der Waals surface area contributed by atoms with Crippen LogP contribution in [0.25, 0.3) is 0 Å². The molecule has 0 aromatic heterocycles. The summed E-state index contributed by atoms with van der Waals surface area (Å²) < 4.78 is 11.4. The van der Waals surface area contributed by atoms with Crippen LogP contribution in [0.15, 0.2) is 0 Å². The van der Waals surface area contributed by atoms with Gasteiger partial charge < -0.3 is 19.4 Å². The van der Waals surface area contributed by atoms with Crippen molar-refractivity contribution in [1.29, 1.82) is 0 Å². The third kappa shape index (κ3) is 6.61. The van der Waals surface area contributed by atoms with Gasteiger partial charge in [0, 0.05) is 6.42 Å². The highest BCUT2D eigenvalue weighted by Gasteiger charge is 2.35. The van der Waals surface area contributed by atoms with Gasteiger partial charge >= 0.3 is 7.60 Å². The van der Waals surface area contributed by atoms with Crippen molar-refractivity contribution in [3.63, 3.8) is 0 Å². The lowest BCUT2D eigenvalue weighted by molar-refractivity contribution is -0.900. The number of aliphatic hydroxyl groups is 1. The van der Waals surface area contributed by atoms with Crippen molar-refractivity contribution in [3.05, 3.63) is 0 Å². The molecule has 0 aliphatic rings. The summed E-state index contributed by atoms with van der Waals surface area (Å²) in [6.45, 7) is 4.07. The first kappa shape index (κ1) is 16.1. The largest absolute Gasteiger partial charge is 0.386 e. The molecule has 0 radical (unpaired) electrons. The lowest BCUT2D eigenvalue weighted by Gasteiger charge is -2.38. The summed E-state index contributed by atoms with van der Waals surface area (Å²) >= 11 is 0. The topological polar surface area (TPSA) is 77.8 Å². The summed E-state index contributed by atoms with van der Waals surface area (Å²) in [5.41, 5.74) is 0. The van der Waals surface area contributed by atoms with Gasteiger partial charge in [-0.25, -0.2) is 0 Å². The summed E-state index contributed by atoms with van der Waals surface area (Å²) in [5, 5.41) is 9.92. The van der Waals surface area contributed by atoms with E-state index in [1.165, 1.54) is 0 Å². The van der Waals surface area contributed by atoms with Crippen molar-refractivity contribution in [2.75, 3.05) is 27.3 Å². The number of quaternary nitrogens is 1. The second-order valence-corrected chi connectivity index (χ2v) is 7.42. The van der Waals surface area contributed by atoms with Gasteiger partial charge in [0.15, 0.2) is 0 Å². The van der Waals surface area contributed by atoms with Crippen LogP contribution in [0.2, 0.25) is 0 Å². The highest BCUT2D eigenvalue weighted by atomic mass is 31.2. The lowest BCUT2D eigenvalue weighted by Crippen LogP contribution is -2.53. The minimum absolute atomic E-state index is 0.160. The van der Waals surface area contributed by atoms with Crippen LogP contribution in [0.4, 0.5) is 0 Å². The SMILES string of the molecule is CC(C)C[C@@H]([C@@H](O)CP(=O)(O)O)[N+](C)(C)C. The average Bonchev–Trinajstić information content (AvgIpc) is 1.93. The summed E-state index contributed by atoms with van der Waals surface area (Å²) in [6, 6.07) is -0.160. The molecule has 0 bridgehead atoms. The van der Waals surface area contributed by atoms with Crippen molar-refractivity contribution >= 4 is 7.60 Å². The standard InChI is InChI=1S/C10H24NO4P/c1-8(2)6-9(11(3,4)5)10(12)7-16(13,14)15/h8-10,12H,6-7H2,1-5H3,(H-,13,14,15)/p+1/t9-,10-/m0/s1. The van der Waals surface area contributed by atoms with Crippen molar-refractivity contribution < 1.29 is 23.9 Å². The van der Waals surface area contributed by atoms with E-state index in [0.717, 1.165) is 6.42 Å². The zero-order valence-corrected chi connectivity index (χ0v) is 11.7. The van der Waals surface area contributed by atoms with Crippen molar-refractivity contribution in [3.8, 4) is 0 Å². The predicted octanol–water partition coefficient (Wildman–Crippen LogP) is 0.646.